The van der Waals surface area contributed by atoms with Crippen LogP contribution in [0.5, 0.6) is 0 Å². The maximum atomic E-state index is 11.7. The number of allylic oxidation sites excluding steroid dienone is 3. The normalized spacial score (nSPS) is 37.8. The molecule has 0 bridgehead atoms. The van der Waals surface area contributed by atoms with Crippen LogP contribution in [0.1, 0.15) is 118 Å². The molecule has 1 heterocycles. The van der Waals surface area contributed by atoms with Gasteiger partial charge in [0.2, 0.25) is 5.56 Å². The van der Waals surface area contributed by atoms with E-state index < -0.39 is 0 Å². The van der Waals surface area contributed by atoms with Crippen LogP contribution in [0.4, 0.5) is 0 Å². The van der Waals surface area contributed by atoms with Crippen molar-refractivity contribution in [2.24, 2.45) is 51.2 Å². The highest BCUT2D eigenvalue weighted by Crippen LogP contribution is 2.73. The maximum absolute atomic E-state index is 11.7. The van der Waals surface area contributed by atoms with E-state index in [-0.39, 0.29) is 16.4 Å². The first-order chi connectivity index (χ1) is 20.6. The molecule has 0 amide bonds. The van der Waals surface area contributed by atoms with E-state index >= 15 is 0 Å². The Morgan fingerprint density at radius 3 is 2.14 bits per heavy atom. The molecule has 4 fully saturated rings. The van der Waals surface area contributed by atoms with Gasteiger partial charge in [0.15, 0.2) is 0 Å². The standard InChI is InChI=1S/C31H45NO2.C3H6.C2H6.2C2H2/c1-28(2)22(20-7-10-27(34)32-18-20)11-15-30(4)25(28)13-16-29(3)23-12-17-31(19-33)14-5-6-24(31)21(23)8-9-26(29)30;1-3-2;3*1-2/h7,10-11,18,21,23-26,33H,5-6,8-9,12-17,19H2,1-4H3,(H,32,34);3H,1H2,2H3;1-2H3;2*1-2H/t21-,23?,24?,25?,26?,29-,30-,31+;;;;/m0..../s1. The van der Waals surface area contributed by atoms with Gasteiger partial charge in [-0.15, -0.1) is 32.3 Å². The second-order valence-corrected chi connectivity index (χ2v) is 14.5. The Morgan fingerprint density at radius 2 is 1.56 bits per heavy atom. The number of pyridine rings is 1. The zero-order valence-corrected chi connectivity index (χ0v) is 28.4. The molecule has 2 N–H and O–H groups in total. The first kappa shape index (κ1) is 36.7. The van der Waals surface area contributed by atoms with E-state index in [1.54, 1.807) is 12.1 Å². The second kappa shape index (κ2) is 15.0. The molecule has 1 aromatic heterocycles. The number of aliphatic hydroxyl groups excluding tert-OH is 1. The van der Waals surface area contributed by atoms with Gasteiger partial charge in [-0.3, -0.25) is 4.79 Å². The number of nitrogens with one attached hydrogen (secondary N) is 1. The molecule has 5 aliphatic carbocycles. The lowest BCUT2D eigenvalue weighted by atomic mass is 9.36. The Morgan fingerprint density at radius 1 is 0.907 bits per heavy atom. The minimum atomic E-state index is -0.0204. The van der Waals surface area contributed by atoms with Crippen LogP contribution in [0, 0.1) is 76.9 Å². The zero-order valence-electron chi connectivity index (χ0n) is 28.4. The maximum Gasteiger partial charge on any atom is 0.247 e. The van der Waals surface area contributed by atoms with Crippen LogP contribution in [0.25, 0.3) is 5.57 Å². The van der Waals surface area contributed by atoms with E-state index in [1.807, 2.05) is 33.0 Å². The third-order valence-electron chi connectivity index (χ3n) is 12.7. The van der Waals surface area contributed by atoms with Gasteiger partial charge in [-0.2, -0.15) is 0 Å². The van der Waals surface area contributed by atoms with Crippen LogP contribution in [0.15, 0.2) is 41.9 Å². The molecule has 3 heteroatoms. The lowest BCUT2D eigenvalue weighted by Gasteiger charge is -2.68. The number of terminal acetylenes is 2. The van der Waals surface area contributed by atoms with Crippen LogP contribution in [-0.2, 0) is 0 Å². The van der Waals surface area contributed by atoms with Gasteiger partial charge in [-0.05, 0) is 133 Å². The molecule has 1 aromatic rings. The Labute approximate surface area is 264 Å². The molecule has 4 saturated carbocycles. The molecule has 3 nitrogen and oxygen atoms in total. The van der Waals surface area contributed by atoms with E-state index in [2.05, 4.69) is 71.0 Å². The van der Waals surface area contributed by atoms with Crippen molar-refractivity contribution >= 4 is 5.57 Å². The summed E-state index contributed by atoms with van der Waals surface area (Å²) in [5, 5.41) is 10.4. The third kappa shape index (κ3) is 6.22. The van der Waals surface area contributed by atoms with Crippen LogP contribution in [0.3, 0.4) is 0 Å². The van der Waals surface area contributed by atoms with Gasteiger partial charge in [0.25, 0.3) is 0 Å². The highest BCUT2D eigenvalue weighted by atomic mass is 16.3. The fourth-order valence-corrected chi connectivity index (χ4v) is 11.3. The molecule has 8 atom stereocenters. The van der Waals surface area contributed by atoms with Crippen molar-refractivity contribution in [2.75, 3.05) is 6.61 Å². The van der Waals surface area contributed by atoms with E-state index in [1.165, 1.54) is 68.9 Å². The molecule has 4 unspecified atom stereocenters. The van der Waals surface area contributed by atoms with Crippen LogP contribution in [-0.4, -0.2) is 16.7 Å². The molecular weight excluding hydrogens is 526 g/mol. The number of H-pyrrole nitrogens is 1. The lowest BCUT2D eigenvalue weighted by Crippen LogP contribution is -2.61. The lowest BCUT2D eigenvalue weighted by molar-refractivity contribution is -0.181. The topological polar surface area (TPSA) is 53.1 Å². The molecule has 0 aromatic carbocycles. The number of hydrogen-bond acceptors (Lipinski definition) is 2. The largest absolute Gasteiger partial charge is 0.396 e. The van der Waals surface area contributed by atoms with Gasteiger partial charge in [-0.25, -0.2) is 0 Å². The third-order valence-corrected chi connectivity index (χ3v) is 12.7. The summed E-state index contributed by atoms with van der Waals surface area (Å²) in [6.07, 6.45) is 35.4. The van der Waals surface area contributed by atoms with Crippen LogP contribution >= 0.6 is 0 Å². The van der Waals surface area contributed by atoms with Crippen molar-refractivity contribution in [1.29, 1.82) is 0 Å². The van der Waals surface area contributed by atoms with Crippen LogP contribution in [0.2, 0.25) is 0 Å². The van der Waals surface area contributed by atoms with Gasteiger partial charge >= 0.3 is 0 Å². The summed E-state index contributed by atoms with van der Waals surface area (Å²) in [5.74, 6) is 3.92. The summed E-state index contributed by atoms with van der Waals surface area (Å²) in [5.41, 5.74) is 3.75. The van der Waals surface area contributed by atoms with Gasteiger partial charge in [0, 0.05) is 18.9 Å². The molecule has 0 aliphatic heterocycles. The number of fused-ring (bicyclic) bond motifs is 7. The van der Waals surface area contributed by atoms with Crippen molar-refractivity contribution in [3.05, 3.63) is 53.0 Å². The molecule has 0 spiro atoms. The summed E-state index contributed by atoms with van der Waals surface area (Å²) >= 11 is 0. The molecule has 5 aliphatic rings. The number of rotatable bonds is 2. The summed E-state index contributed by atoms with van der Waals surface area (Å²) in [6.45, 7) is 19.9. The van der Waals surface area contributed by atoms with Gasteiger partial charge < -0.3 is 10.1 Å². The Kier molecular flexibility index (Phi) is 12.8. The summed E-state index contributed by atoms with van der Waals surface area (Å²) < 4.78 is 0. The van der Waals surface area contributed by atoms with E-state index in [4.69, 9.17) is 0 Å². The van der Waals surface area contributed by atoms with Gasteiger partial charge in [0.05, 0.1) is 0 Å². The van der Waals surface area contributed by atoms with E-state index in [0.29, 0.717) is 23.4 Å². The van der Waals surface area contributed by atoms with E-state index in [9.17, 15) is 9.90 Å². The van der Waals surface area contributed by atoms with Crippen LogP contribution < -0.4 is 5.56 Å². The number of aromatic nitrogens is 1. The number of aliphatic hydroxyl groups is 1. The van der Waals surface area contributed by atoms with Crippen molar-refractivity contribution in [3.8, 4) is 25.7 Å². The fourth-order valence-electron chi connectivity index (χ4n) is 11.3. The average Bonchev–Trinajstić information content (AvgIpc) is 3.46. The highest BCUT2D eigenvalue weighted by molar-refractivity contribution is 5.71. The first-order valence-corrected chi connectivity index (χ1v) is 16.8. The number of aromatic amines is 1. The summed E-state index contributed by atoms with van der Waals surface area (Å²) in [6, 6.07) is 3.70. The van der Waals surface area contributed by atoms with Gasteiger partial charge in [-0.1, -0.05) is 60.1 Å². The minimum Gasteiger partial charge on any atom is -0.396 e. The minimum absolute atomic E-state index is 0.0204. The predicted octanol–water partition coefficient (Wildman–Crippen LogP) is 9.54. The first-order valence-electron chi connectivity index (χ1n) is 16.8. The Hall–Kier alpha value is -2.49. The summed E-state index contributed by atoms with van der Waals surface area (Å²) in [7, 11) is 0. The molecule has 0 saturated heterocycles. The molecule has 0 radical (unpaired) electrons. The molecule has 238 valence electrons. The smallest absolute Gasteiger partial charge is 0.247 e. The molecular formula is C40H61NO2. The fraction of sp³-hybridized carbons (Fsp3) is 0.675. The zero-order chi connectivity index (χ0) is 32.6. The second-order valence-electron chi connectivity index (χ2n) is 14.5. The predicted molar refractivity (Wildman–Crippen MR) is 185 cm³/mol. The monoisotopic (exact) mass is 587 g/mol. The van der Waals surface area contributed by atoms with E-state index in [0.717, 1.165) is 30.1 Å². The highest BCUT2D eigenvalue weighted by Gasteiger charge is 2.65. The van der Waals surface area contributed by atoms with Crippen molar-refractivity contribution in [1.82, 2.24) is 4.98 Å². The SMILES string of the molecule is C#C.C#C.C=CC.CC.CC1(C)C(c2ccc(=O)[nH]c2)=CC[C@@]2(C)C1CC[C@@]1(C)C3CC[C@@]4(CO)CCCC4[C@H]3CCC12. The van der Waals surface area contributed by atoms with Gasteiger partial charge in [0.1, 0.15) is 0 Å². The Bertz CT molecular complexity index is 1160. The van der Waals surface area contributed by atoms with Crippen molar-refractivity contribution < 1.29 is 5.11 Å². The number of hydrogen-bond donors (Lipinski definition) is 2. The quantitative estimate of drug-likeness (QED) is 0.267. The average molecular weight is 588 g/mol. The van der Waals surface area contributed by atoms with Crippen molar-refractivity contribution in [3.63, 3.8) is 0 Å². The Balaban J connectivity index is 0.000000654. The molecule has 6 rings (SSSR count). The summed E-state index contributed by atoms with van der Waals surface area (Å²) in [4.78, 5) is 14.6. The molecule has 43 heavy (non-hydrogen) atoms. The van der Waals surface area contributed by atoms with Crippen molar-refractivity contribution in [2.45, 2.75) is 113 Å².